The number of aromatic nitrogens is 1. The van der Waals surface area contributed by atoms with Gasteiger partial charge in [-0.05, 0) is 38.6 Å². The van der Waals surface area contributed by atoms with E-state index in [1.807, 2.05) is 12.1 Å². The van der Waals surface area contributed by atoms with Crippen LogP contribution in [0.15, 0.2) is 18.2 Å². The molecule has 0 radical (unpaired) electrons. The van der Waals surface area contributed by atoms with E-state index in [0.29, 0.717) is 16.7 Å². The molecule has 19 heavy (non-hydrogen) atoms. The number of nitrogens with two attached hydrogens (primary N) is 1. The number of rotatable bonds is 3. The maximum Gasteiger partial charge on any atom is 0.129 e. The van der Waals surface area contributed by atoms with Crippen LogP contribution in [0.4, 0.5) is 5.82 Å². The second-order valence-electron chi connectivity index (χ2n) is 5.12. The van der Waals surface area contributed by atoms with E-state index in [1.165, 1.54) is 0 Å². The normalized spacial score (nSPS) is 21.2. The van der Waals surface area contributed by atoms with Crippen molar-refractivity contribution in [3.8, 4) is 0 Å². The first kappa shape index (κ1) is 14.2. The summed E-state index contributed by atoms with van der Waals surface area (Å²) in [6.45, 7) is 5.49. The molecule has 1 unspecified atom stereocenters. The minimum Gasteiger partial charge on any atom is -0.388 e. The van der Waals surface area contributed by atoms with Gasteiger partial charge in [-0.2, -0.15) is 0 Å². The summed E-state index contributed by atoms with van der Waals surface area (Å²) in [5.74, 6) is 0.993. The summed E-state index contributed by atoms with van der Waals surface area (Å²) in [7, 11) is 2.19. The molecular weight excluding hydrogens is 256 g/mol. The van der Waals surface area contributed by atoms with Crippen LogP contribution in [-0.2, 0) is 0 Å². The molecule has 0 spiro atoms. The predicted molar refractivity (Wildman–Crippen MR) is 83.7 cm³/mol. The van der Waals surface area contributed by atoms with Crippen LogP contribution in [0.25, 0.3) is 0 Å². The number of nitrogens with zero attached hydrogens (tertiary/aromatic N) is 3. The topological polar surface area (TPSA) is 45.4 Å². The second kappa shape index (κ2) is 6.30. The Morgan fingerprint density at radius 3 is 2.95 bits per heavy atom. The van der Waals surface area contributed by atoms with Crippen molar-refractivity contribution in [1.82, 2.24) is 9.88 Å². The fraction of sp³-hybridized carbons (Fsp3) is 0.571. The molecule has 0 saturated carbocycles. The fourth-order valence-corrected chi connectivity index (χ4v) is 2.73. The largest absolute Gasteiger partial charge is 0.388 e. The zero-order valence-electron chi connectivity index (χ0n) is 11.7. The number of thiocarbonyl (C=S) groups is 1. The van der Waals surface area contributed by atoms with Gasteiger partial charge in [0.1, 0.15) is 10.8 Å². The third-order valence-corrected chi connectivity index (χ3v) is 3.86. The molecule has 0 amide bonds. The molecule has 0 bridgehead atoms. The van der Waals surface area contributed by atoms with Gasteiger partial charge in [0.05, 0.1) is 5.69 Å². The van der Waals surface area contributed by atoms with E-state index in [1.54, 1.807) is 0 Å². The summed E-state index contributed by atoms with van der Waals surface area (Å²) in [4.78, 5) is 9.75. The summed E-state index contributed by atoms with van der Waals surface area (Å²) in [5, 5.41) is 0. The molecule has 5 heteroatoms. The van der Waals surface area contributed by atoms with Gasteiger partial charge in [0.2, 0.25) is 0 Å². The summed E-state index contributed by atoms with van der Waals surface area (Å²) in [6.07, 6.45) is 2.27. The van der Waals surface area contributed by atoms with Crippen molar-refractivity contribution in [1.29, 1.82) is 0 Å². The Labute approximate surface area is 120 Å². The van der Waals surface area contributed by atoms with Crippen LogP contribution in [0, 0.1) is 0 Å². The second-order valence-corrected chi connectivity index (χ2v) is 5.56. The van der Waals surface area contributed by atoms with Gasteiger partial charge in [-0.15, -0.1) is 0 Å². The van der Waals surface area contributed by atoms with Gasteiger partial charge in [-0.3, -0.25) is 0 Å². The predicted octanol–water partition coefficient (Wildman–Crippen LogP) is 1.64. The van der Waals surface area contributed by atoms with Crippen molar-refractivity contribution >= 4 is 23.0 Å². The van der Waals surface area contributed by atoms with Crippen LogP contribution in [0.5, 0.6) is 0 Å². The van der Waals surface area contributed by atoms with Gasteiger partial charge in [0.15, 0.2) is 0 Å². The molecule has 2 rings (SSSR count). The third kappa shape index (κ3) is 3.42. The van der Waals surface area contributed by atoms with Gasteiger partial charge in [-0.1, -0.05) is 25.2 Å². The molecule has 2 heterocycles. The highest BCUT2D eigenvalue weighted by Crippen LogP contribution is 2.20. The first-order valence-electron chi connectivity index (χ1n) is 6.84. The van der Waals surface area contributed by atoms with E-state index in [2.05, 4.69) is 34.8 Å². The maximum atomic E-state index is 5.67. The lowest BCUT2D eigenvalue weighted by atomic mass is 10.2. The SMILES string of the molecule is CCC1CN(C)CCCN1c1cccc(C(N)=S)n1. The summed E-state index contributed by atoms with van der Waals surface area (Å²) in [5.41, 5.74) is 6.38. The Morgan fingerprint density at radius 2 is 2.26 bits per heavy atom. The van der Waals surface area contributed by atoms with E-state index in [-0.39, 0.29) is 0 Å². The van der Waals surface area contributed by atoms with Crippen molar-refractivity contribution in [2.45, 2.75) is 25.8 Å². The van der Waals surface area contributed by atoms with E-state index >= 15 is 0 Å². The maximum absolute atomic E-state index is 5.67. The van der Waals surface area contributed by atoms with Crippen LogP contribution >= 0.6 is 12.2 Å². The van der Waals surface area contributed by atoms with E-state index < -0.39 is 0 Å². The average molecular weight is 278 g/mol. The molecule has 2 N–H and O–H groups in total. The Morgan fingerprint density at radius 1 is 1.47 bits per heavy atom. The number of hydrogen-bond acceptors (Lipinski definition) is 4. The number of hydrogen-bond donors (Lipinski definition) is 1. The van der Waals surface area contributed by atoms with Gasteiger partial charge in [0.25, 0.3) is 0 Å². The van der Waals surface area contributed by atoms with Crippen LogP contribution in [-0.4, -0.2) is 47.6 Å². The highest BCUT2D eigenvalue weighted by Gasteiger charge is 2.23. The first-order chi connectivity index (χ1) is 9.11. The average Bonchev–Trinajstić information content (AvgIpc) is 2.60. The highest BCUT2D eigenvalue weighted by atomic mass is 32.1. The zero-order chi connectivity index (χ0) is 13.8. The number of likely N-dealkylation sites (N-methyl/N-ethyl adjacent to an activating group) is 1. The molecule has 1 aromatic rings. The zero-order valence-corrected chi connectivity index (χ0v) is 12.5. The summed E-state index contributed by atoms with van der Waals surface area (Å²) >= 11 is 5.01. The Kier molecular flexibility index (Phi) is 4.71. The molecule has 1 aliphatic heterocycles. The Balaban J connectivity index is 2.27. The Hall–Kier alpha value is -1.20. The minimum absolute atomic E-state index is 0.363. The lowest BCUT2D eigenvalue weighted by Crippen LogP contribution is -2.40. The Bertz CT molecular complexity index is 449. The molecule has 0 aliphatic carbocycles. The molecule has 1 saturated heterocycles. The lowest BCUT2D eigenvalue weighted by molar-refractivity contribution is 0.327. The van der Waals surface area contributed by atoms with Crippen molar-refractivity contribution in [3.63, 3.8) is 0 Å². The first-order valence-corrected chi connectivity index (χ1v) is 7.24. The number of anilines is 1. The van der Waals surface area contributed by atoms with Gasteiger partial charge in [0, 0.05) is 19.1 Å². The molecule has 4 nitrogen and oxygen atoms in total. The van der Waals surface area contributed by atoms with E-state index in [9.17, 15) is 0 Å². The molecule has 1 aliphatic rings. The minimum atomic E-state index is 0.363. The highest BCUT2D eigenvalue weighted by molar-refractivity contribution is 7.80. The molecule has 104 valence electrons. The van der Waals surface area contributed by atoms with Crippen LogP contribution in [0.3, 0.4) is 0 Å². The van der Waals surface area contributed by atoms with Gasteiger partial charge < -0.3 is 15.5 Å². The van der Waals surface area contributed by atoms with Crippen LogP contribution < -0.4 is 10.6 Å². The molecule has 1 atom stereocenters. The van der Waals surface area contributed by atoms with E-state index in [0.717, 1.165) is 38.3 Å². The van der Waals surface area contributed by atoms with Gasteiger partial charge >= 0.3 is 0 Å². The van der Waals surface area contributed by atoms with Crippen molar-refractivity contribution in [3.05, 3.63) is 23.9 Å². The van der Waals surface area contributed by atoms with Gasteiger partial charge in [-0.25, -0.2) is 4.98 Å². The van der Waals surface area contributed by atoms with Crippen LogP contribution in [0.1, 0.15) is 25.5 Å². The summed E-state index contributed by atoms with van der Waals surface area (Å²) in [6, 6.07) is 6.41. The lowest BCUT2D eigenvalue weighted by Gasteiger charge is -2.31. The molecule has 1 aromatic heterocycles. The number of pyridine rings is 1. The summed E-state index contributed by atoms with van der Waals surface area (Å²) < 4.78 is 0. The fourth-order valence-electron chi connectivity index (χ4n) is 2.61. The quantitative estimate of drug-likeness (QED) is 0.852. The monoisotopic (exact) mass is 278 g/mol. The van der Waals surface area contributed by atoms with E-state index in [4.69, 9.17) is 18.0 Å². The van der Waals surface area contributed by atoms with Crippen molar-refractivity contribution < 1.29 is 0 Å². The third-order valence-electron chi connectivity index (χ3n) is 3.65. The van der Waals surface area contributed by atoms with Crippen LogP contribution in [0.2, 0.25) is 0 Å². The van der Waals surface area contributed by atoms with Crippen molar-refractivity contribution in [2.24, 2.45) is 5.73 Å². The smallest absolute Gasteiger partial charge is 0.129 e. The van der Waals surface area contributed by atoms with Crippen molar-refractivity contribution in [2.75, 3.05) is 31.6 Å². The molecule has 1 fully saturated rings. The standard InChI is InChI=1S/C14H22N4S/c1-3-11-10-17(2)8-5-9-18(11)13-7-4-6-12(16-13)14(15)19/h4,6-7,11H,3,5,8-10H2,1-2H3,(H2,15,19). The molecular formula is C14H22N4S. The molecule has 0 aromatic carbocycles.